The van der Waals surface area contributed by atoms with E-state index < -0.39 is 41.3 Å². The number of amides is 3. The average Bonchev–Trinajstić information content (AvgIpc) is 3.34. The maximum Gasteiger partial charge on any atom is 0.409 e. The third kappa shape index (κ3) is 7.83. The number of carbonyl (C=O) groups excluding carboxylic acids is 5. The first-order chi connectivity index (χ1) is 18.4. The zero-order chi connectivity index (χ0) is 28.7. The van der Waals surface area contributed by atoms with Crippen molar-refractivity contribution in [3.63, 3.8) is 0 Å². The van der Waals surface area contributed by atoms with Crippen LogP contribution in [0, 0.1) is 23.2 Å². The van der Waals surface area contributed by atoms with Gasteiger partial charge >= 0.3 is 6.09 Å². The van der Waals surface area contributed by atoms with E-state index in [1.165, 1.54) is 37.5 Å². The van der Waals surface area contributed by atoms with Crippen LogP contribution in [0.2, 0.25) is 0 Å². The number of carbonyl (C=O) groups is 5. The van der Waals surface area contributed by atoms with Crippen LogP contribution in [0.25, 0.3) is 0 Å². The number of nitrogens with zero attached hydrogens (tertiary/aromatic N) is 3. The molecule has 2 fully saturated rings. The van der Waals surface area contributed by atoms with Crippen molar-refractivity contribution in [2.45, 2.75) is 78.3 Å². The maximum atomic E-state index is 13.8. The van der Waals surface area contributed by atoms with E-state index in [2.05, 4.69) is 20.6 Å². The van der Waals surface area contributed by atoms with Crippen LogP contribution >= 0.6 is 0 Å². The number of hydrogen-bond acceptors (Lipinski definition) is 8. The lowest BCUT2D eigenvalue weighted by molar-refractivity contribution is -0.135. The van der Waals surface area contributed by atoms with Crippen LogP contribution in [0.15, 0.2) is 18.6 Å². The molecule has 39 heavy (non-hydrogen) atoms. The number of aromatic nitrogens is 2. The molecule has 1 saturated heterocycles. The zero-order valence-electron chi connectivity index (χ0n) is 23.6. The van der Waals surface area contributed by atoms with Gasteiger partial charge in [0.1, 0.15) is 11.5 Å². The first-order valence-electron chi connectivity index (χ1n) is 13.7. The fourth-order valence-electron chi connectivity index (χ4n) is 5.60. The van der Waals surface area contributed by atoms with Crippen LogP contribution in [-0.4, -0.2) is 76.6 Å². The van der Waals surface area contributed by atoms with Crippen molar-refractivity contribution in [3.05, 3.63) is 24.3 Å². The van der Waals surface area contributed by atoms with Gasteiger partial charge < -0.3 is 20.3 Å². The summed E-state index contributed by atoms with van der Waals surface area (Å²) >= 11 is 0. The second-order valence-corrected chi connectivity index (χ2v) is 11.7. The van der Waals surface area contributed by atoms with Crippen LogP contribution in [-0.2, 0) is 19.1 Å². The van der Waals surface area contributed by atoms with Crippen molar-refractivity contribution in [2.24, 2.45) is 23.2 Å². The van der Waals surface area contributed by atoms with E-state index in [0.717, 1.165) is 32.1 Å². The second-order valence-electron chi connectivity index (χ2n) is 11.7. The molecule has 0 unspecified atom stereocenters. The molecule has 3 rings (SSSR count). The Kier molecular flexibility index (Phi) is 10.2. The number of likely N-dealkylation sites (tertiary alicyclic amines) is 1. The SMILES string of the molecule is COC(=O)N1C[C@H](NC(=O)[C@@H](CC(=O)[C@@H](NC(=O)c2cnccn2)C2CCCCC2)C(C)(C)C)[C@H](C(C)=O)C1. The summed E-state index contributed by atoms with van der Waals surface area (Å²) in [7, 11) is 1.27. The summed E-state index contributed by atoms with van der Waals surface area (Å²) in [6.45, 7) is 7.39. The summed E-state index contributed by atoms with van der Waals surface area (Å²) in [5, 5.41) is 5.84. The highest BCUT2D eigenvalue weighted by atomic mass is 16.5. The van der Waals surface area contributed by atoms with Crippen molar-refractivity contribution < 1.29 is 28.7 Å². The highest BCUT2D eigenvalue weighted by molar-refractivity contribution is 5.97. The molecule has 3 amide bonds. The number of ether oxygens (including phenoxy) is 1. The Morgan fingerprint density at radius 3 is 2.33 bits per heavy atom. The lowest BCUT2D eigenvalue weighted by Gasteiger charge is -2.34. The van der Waals surface area contributed by atoms with Gasteiger partial charge in [-0.15, -0.1) is 0 Å². The quantitative estimate of drug-likeness (QED) is 0.483. The largest absolute Gasteiger partial charge is 0.453 e. The molecule has 1 aliphatic heterocycles. The molecular formula is C28H41N5O6. The Hall–Kier alpha value is -3.37. The minimum atomic E-state index is -0.747. The molecule has 1 saturated carbocycles. The third-order valence-corrected chi connectivity index (χ3v) is 7.92. The van der Waals surface area contributed by atoms with Crippen molar-refractivity contribution in [1.82, 2.24) is 25.5 Å². The predicted molar refractivity (Wildman–Crippen MR) is 143 cm³/mol. The van der Waals surface area contributed by atoms with Crippen LogP contribution < -0.4 is 10.6 Å². The van der Waals surface area contributed by atoms with Gasteiger partial charge in [-0.1, -0.05) is 40.0 Å². The maximum absolute atomic E-state index is 13.8. The minimum Gasteiger partial charge on any atom is -0.453 e. The van der Waals surface area contributed by atoms with Crippen LogP contribution in [0.4, 0.5) is 4.79 Å². The fraction of sp³-hybridized carbons (Fsp3) is 0.679. The van der Waals surface area contributed by atoms with Gasteiger partial charge in [-0.05, 0) is 31.1 Å². The molecule has 1 aliphatic carbocycles. The van der Waals surface area contributed by atoms with Crippen molar-refractivity contribution >= 4 is 29.5 Å². The molecule has 2 N–H and O–H groups in total. The van der Waals surface area contributed by atoms with Gasteiger partial charge in [0.05, 0.1) is 31.3 Å². The highest BCUT2D eigenvalue weighted by Gasteiger charge is 2.43. The first-order valence-corrected chi connectivity index (χ1v) is 13.7. The molecule has 2 aliphatic rings. The number of nitrogens with one attached hydrogen (secondary N) is 2. The third-order valence-electron chi connectivity index (χ3n) is 7.92. The Morgan fingerprint density at radius 1 is 1.08 bits per heavy atom. The molecule has 214 valence electrons. The number of rotatable bonds is 9. The van der Waals surface area contributed by atoms with E-state index in [1.54, 1.807) is 0 Å². The molecule has 0 bridgehead atoms. The van der Waals surface area contributed by atoms with Crippen LogP contribution in [0.1, 0.15) is 76.7 Å². The lowest BCUT2D eigenvalue weighted by Crippen LogP contribution is -2.51. The van der Waals surface area contributed by atoms with Gasteiger partial charge in [0.2, 0.25) is 5.91 Å². The molecule has 11 heteroatoms. The summed E-state index contributed by atoms with van der Waals surface area (Å²) in [5.41, 5.74) is -0.458. The Balaban J connectivity index is 1.78. The molecule has 11 nitrogen and oxygen atoms in total. The van der Waals surface area contributed by atoms with E-state index in [4.69, 9.17) is 4.74 Å². The predicted octanol–water partition coefficient (Wildman–Crippen LogP) is 2.55. The van der Waals surface area contributed by atoms with Gasteiger partial charge in [-0.3, -0.25) is 24.2 Å². The summed E-state index contributed by atoms with van der Waals surface area (Å²) in [5.74, 6) is -2.49. The normalized spacial score (nSPS) is 21.5. The first kappa shape index (κ1) is 30.2. The monoisotopic (exact) mass is 543 g/mol. The van der Waals surface area contributed by atoms with Crippen molar-refractivity contribution in [3.8, 4) is 0 Å². The van der Waals surface area contributed by atoms with Crippen molar-refractivity contribution in [1.29, 1.82) is 0 Å². The lowest BCUT2D eigenvalue weighted by atomic mass is 9.74. The van der Waals surface area contributed by atoms with Crippen LogP contribution in [0.5, 0.6) is 0 Å². The summed E-state index contributed by atoms with van der Waals surface area (Å²) in [4.78, 5) is 74.1. The number of ketones is 2. The summed E-state index contributed by atoms with van der Waals surface area (Å²) in [6, 6.07) is -1.33. The summed E-state index contributed by atoms with van der Waals surface area (Å²) < 4.78 is 4.79. The van der Waals surface area contributed by atoms with Gasteiger partial charge in [0.25, 0.3) is 5.91 Å². The Labute approximate surface area is 229 Å². The molecule has 0 aromatic carbocycles. The van der Waals surface area contributed by atoms with Gasteiger partial charge in [-0.2, -0.15) is 0 Å². The minimum absolute atomic E-state index is 0.0268. The molecule has 0 spiro atoms. The topological polar surface area (TPSA) is 148 Å². The summed E-state index contributed by atoms with van der Waals surface area (Å²) in [6.07, 6.45) is 8.28. The highest BCUT2D eigenvalue weighted by Crippen LogP contribution is 2.33. The average molecular weight is 544 g/mol. The molecule has 1 aromatic rings. The van der Waals surface area contributed by atoms with E-state index in [9.17, 15) is 24.0 Å². The number of methoxy groups -OCH3 is 1. The molecule has 1 aromatic heterocycles. The molecule has 0 radical (unpaired) electrons. The molecule has 2 heterocycles. The standard InChI is InChI=1S/C28H41N5O6/c1-17(34)19-15-33(27(38)39-5)16-22(19)31-25(36)20(28(2,3)4)13-23(35)24(18-9-7-6-8-10-18)32-26(37)21-14-29-11-12-30-21/h11-12,14,18-20,22,24H,6-10,13,15-16H2,1-5H3,(H,31,36)(H,32,37)/t19-,20+,22-,24-/m0/s1. The van der Waals surface area contributed by atoms with E-state index in [0.29, 0.717) is 0 Å². The van der Waals surface area contributed by atoms with Crippen molar-refractivity contribution in [2.75, 3.05) is 20.2 Å². The smallest absolute Gasteiger partial charge is 0.409 e. The Bertz CT molecular complexity index is 1050. The van der Waals surface area contributed by atoms with Gasteiger partial charge in [0, 0.05) is 37.8 Å². The molecular weight excluding hydrogens is 502 g/mol. The fourth-order valence-corrected chi connectivity index (χ4v) is 5.60. The van der Waals surface area contributed by atoms with Gasteiger partial charge in [-0.25, -0.2) is 9.78 Å². The second kappa shape index (κ2) is 13.1. The van der Waals surface area contributed by atoms with Gasteiger partial charge in [0.15, 0.2) is 5.78 Å². The molecule has 4 atom stereocenters. The zero-order valence-corrected chi connectivity index (χ0v) is 23.6. The number of Topliss-reactive ketones (excluding diaryl/α,β-unsaturated/α-hetero) is 2. The van der Waals surface area contributed by atoms with E-state index in [-0.39, 0.29) is 48.6 Å². The Morgan fingerprint density at radius 2 is 1.77 bits per heavy atom. The van der Waals surface area contributed by atoms with Crippen LogP contribution in [0.3, 0.4) is 0 Å². The van der Waals surface area contributed by atoms with E-state index >= 15 is 0 Å². The van der Waals surface area contributed by atoms with E-state index in [1.807, 2.05) is 20.8 Å². The number of hydrogen-bond donors (Lipinski definition) is 2.